The molecule has 2 rings (SSSR count). The van der Waals surface area contributed by atoms with Crippen LogP contribution in [0.3, 0.4) is 0 Å². The maximum atomic E-state index is 13.7. The molecule has 0 unspecified atom stereocenters. The average molecular weight is 286 g/mol. The van der Waals surface area contributed by atoms with Gasteiger partial charge in [0.05, 0.1) is 12.6 Å². The lowest BCUT2D eigenvalue weighted by molar-refractivity contribution is -0.150. The summed E-state index contributed by atoms with van der Waals surface area (Å²) < 4.78 is 27.0. The number of nitrogens with zero attached hydrogens (tertiary/aromatic N) is 1. The Hall–Kier alpha value is -1.57. The van der Waals surface area contributed by atoms with Crippen LogP contribution in [0.4, 0.5) is 8.78 Å². The van der Waals surface area contributed by atoms with Crippen molar-refractivity contribution in [1.82, 2.24) is 10.4 Å². The summed E-state index contributed by atoms with van der Waals surface area (Å²) in [4.78, 5) is 10.5. The van der Waals surface area contributed by atoms with E-state index < -0.39 is 23.6 Å². The number of carboxylic acids is 1. The van der Waals surface area contributed by atoms with Crippen LogP contribution < -0.4 is 5.32 Å². The highest BCUT2D eigenvalue weighted by atomic mass is 19.1. The van der Waals surface area contributed by atoms with Crippen LogP contribution in [0.1, 0.15) is 24.4 Å². The monoisotopic (exact) mass is 286 g/mol. The lowest BCUT2D eigenvalue weighted by Gasteiger charge is -2.36. The average Bonchev–Trinajstić information content (AvgIpc) is 2.41. The molecule has 1 aromatic rings. The fourth-order valence-corrected chi connectivity index (χ4v) is 2.43. The quantitative estimate of drug-likeness (QED) is 0.783. The molecule has 0 radical (unpaired) electrons. The van der Waals surface area contributed by atoms with Gasteiger partial charge in [-0.25, -0.2) is 8.78 Å². The topological polar surface area (TPSA) is 72.8 Å². The molecule has 0 spiro atoms. The molecule has 0 saturated carbocycles. The van der Waals surface area contributed by atoms with Crippen LogP contribution in [0.15, 0.2) is 18.2 Å². The van der Waals surface area contributed by atoms with Crippen molar-refractivity contribution in [2.75, 3.05) is 13.1 Å². The highest BCUT2D eigenvalue weighted by Gasteiger charge is 2.30. The Morgan fingerprint density at radius 3 is 2.90 bits per heavy atom. The van der Waals surface area contributed by atoms with E-state index in [-0.39, 0.29) is 24.7 Å². The van der Waals surface area contributed by atoms with E-state index in [1.165, 1.54) is 0 Å². The molecule has 20 heavy (non-hydrogen) atoms. The van der Waals surface area contributed by atoms with E-state index in [4.69, 9.17) is 5.11 Å². The van der Waals surface area contributed by atoms with Crippen molar-refractivity contribution in [3.63, 3.8) is 0 Å². The zero-order valence-electron chi connectivity index (χ0n) is 10.7. The number of hydrogen-bond acceptors (Lipinski definition) is 4. The van der Waals surface area contributed by atoms with E-state index in [1.807, 2.05) is 0 Å². The third-order valence-electron chi connectivity index (χ3n) is 3.43. The minimum absolute atomic E-state index is 0.0781. The molecule has 0 aliphatic carbocycles. The number of carboxylic acid groups (broad SMARTS) is 1. The zero-order valence-corrected chi connectivity index (χ0v) is 10.7. The Kier molecular flexibility index (Phi) is 4.64. The second-order valence-corrected chi connectivity index (χ2v) is 4.84. The smallest absolute Gasteiger partial charge is 0.317 e. The van der Waals surface area contributed by atoms with Crippen molar-refractivity contribution < 1.29 is 23.9 Å². The van der Waals surface area contributed by atoms with E-state index in [2.05, 4.69) is 5.32 Å². The molecule has 2 atom stereocenters. The number of halogens is 2. The van der Waals surface area contributed by atoms with Gasteiger partial charge in [-0.1, -0.05) is 0 Å². The number of nitrogens with one attached hydrogen (secondary N) is 1. The number of rotatable bonds is 4. The molecule has 3 N–H and O–H groups in total. The van der Waals surface area contributed by atoms with E-state index in [1.54, 1.807) is 0 Å². The van der Waals surface area contributed by atoms with Gasteiger partial charge in [0.25, 0.3) is 0 Å². The van der Waals surface area contributed by atoms with Crippen LogP contribution in [0.2, 0.25) is 0 Å². The molecular formula is C13H16F2N2O3. The summed E-state index contributed by atoms with van der Waals surface area (Å²) in [6.07, 6.45) is 0.849. The standard InChI is InChI=1S/C13H16F2N2O3/c14-8-1-2-11(15)10(5-8)12-6-9(3-4-17(12)20)16-7-13(18)19/h1-2,5,9,12,16,20H,3-4,6-7H2,(H,18,19)/t9-,12+/m1/s1. The van der Waals surface area contributed by atoms with Gasteiger partial charge >= 0.3 is 5.97 Å². The minimum Gasteiger partial charge on any atom is -0.480 e. The summed E-state index contributed by atoms with van der Waals surface area (Å²) in [6, 6.07) is 2.24. The molecule has 1 aliphatic rings. The number of benzene rings is 1. The maximum absolute atomic E-state index is 13.7. The Bertz CT molecular complexity index is 499. The number of hydroxylamine groups is 2. The van der Waals surface area contributed by atoms with Crippen molar-refractivity contribution in [2.24, 2.45) is 0 Å². The summed E-state index contributed by atoms with van der Waals surface area (Å²) in [7, 11) is 0. The molecule has 0 bridgehead atoms. The van der Waals surface area contributed by atoms with Gasteiger partial charge in [0.2, 0.25) is 0 Å². The molecule has 1 saturated heterocycles. The van der Waals surface area contributed by atoms with Crippen LogP contribution in [-0.2, 0) is 4.79 Å². The third kappa shape index (κ3) is 3.50. The van der Waals surface area contributed by atoms with E-state index in [9.17, 15) is 18.8 Å². The number of carbonyl (C=O) groups is 1. The van der Waals surface area contributed by atoms with Gasteiger partial charge in [-0.15, -0.1) is 0 Å². The molecule has 1 aromatic carbocycles. The van der Waals surface area contributed by atoms with Gasteiger partial charge < -0.3 is 15.6 Å². The molecular weight excluding hydrogens is 270 g/mol. The molecule has 5 nitrogen and oxygen atoms in total. The second kappa shape index (κ2) is 6.25. The summed E-state index contributed by atoms with van der Waals surface area (Å²) in [6.45, 7) is 0.0619. The van der Waals surface area contributed by atoms with Crippen LogP contribution in [0.5, 0.6) is 0 Å². The summed E-state index contributed by atoms with van der Waals surface area (Å²) >= 11 is 0. The van der Waals surface area contributed by atoms with Gasteiger partial charge in [0.1, 0.15) is 11.6 Å². The molecule has 1 fully saturated rings. The van der Waals surface area contributed by atoms with Crippen LogP contribution in [0, 0.1) is 11.6 Å². The zero-order chi connectivity index (χ0) is 14.7. The van der Waals surface area contributed by atoms with Gasteiger partial charge in [0.15, 0.2) is 0 Å². The van der Waals surface area contributed by atoms with Crippen LogP contribution in [-0.4, -0.2) is 40.5 Å². The van der Waals surface area contributed by atoms with Crippen LogP contribution >= 0.6 is 0 Å². The Morgan fingerprint density at radius 1 is 1.45 bits per heavy atom. The minimum atomic E-state index is -0.982. The molecule has 7 heteroatoms. The van der Waals surface area contributed by atoms with Crippen molar-refractivity contribution in [2.45, 2.75) is 24.9 Å². The summed E-state index contributed by atoms with van der Waals surface area (Å²) in [5, 5.41) is 22.3. The molecule has 1 heterocycles. The lowest BCUT2D eigenvalue weighted by atomic mass is 9.93. The first-order valence-electron chi connectivity index (χ1n) is 6.33. The van der Waals surface area contributed by atoms with Crippen molar-refractivity contribution in [1.29, 1.82) is 0 Å². The molecule has 1 aliphatic heterocycles. The maximum Gasteiger partial charge on any atom is 0.317 e. The highest BCUT2D eigenvalue weighted by Crippen LogP contribution is 2.31. The Morgan fingerprint density at radius 2 is 2.20 bits per heavy atom. The molecule has 0 aromatic heterocycles. The van der Waals surface area contributed by atoms with Crippen molar-refractivity contribution in [3.05, 3.63) is 35.4 Å². The van der Waals surface area contributed by atoms with Crippen LogP contribution in [0.25, 0.3) is 0 Å². The first-order chi connectivity index (χ1) is 9.47. The molecule has 110 valence electrons. The predicted octanol–water partition coefficient (Wildman–Crippen LogP) is 1.53. The third-order valence-corrected chi connectivity index (χ3v) is 3.43. The first kappa shape index (κ1) is 14.8. The van der Waals surface area contributed by atoms with E-state index in [0.717, 1.165) is 23.3 Å². The normalized spacial score (nSPS) is 23.8. The number of aliphatic carboxylic acids is 1. The Labute approximate surface area is 114 Å². The second-order valence-electron chi connectivity index (χ2n) is 4.84. The summed E-state index contributed by atoms with van der Waals surface area (Å²) in [5.41, 5.74) is 0.0781. The van der Waals surface area contributed by atoms with Crippen molar-refractivity contribution in [3.8, 4) is 0 Å². The summed E-state index contributed by atoms with van der Waals surface area (Å²) in [5.74, 6) is -2.14. The fraction of sp³-hybridized carbons (Fsp3) is 0.462. The molecule has 0 amide bonds. The van der Waals surface area contributed by atoms with E-state index in [0.29, 0.717) is 12.8 Å². The SMILES string of the molecule is O=C(O)CN[C@@H]1CCN(O)[C@H](c2cc(F)ccc2F)C1. The van der Waals surface area contributed by atoms with Gasteiger partial charge in [0, 0.05) is 18.2 Å². The van der Waals surface area contributed by atoms with Gasteiger partial charge in [-0.05, 0) is 31.0 Å². The first-order valence-corrected chi connectivity index (χ1v) is 6.33. The fourth-order valence-electron chi connectivity index (χ4n) is 2.43. The Balaban J connectivity index is 2.12. The lowest BCUT2D eigenvalue weighted by Crippen LogP contribution is -2.44. The van der Waals surface area contributed by atoms with Gasteiger partial charge in [-0.3, -0.25) is 4.79 Å². The predicted molar refractivity (Wildman–Crippen MR) is 66.3 cm³/mol. The number of hydrogen-bond donors (Lipinski definition) is 3. The number of piperidine rings is 1. The van der Waals surface area contributed by atoms with Gasteiger partial charge in [-0.2, -0.15) is 5.06 Å². The van der Waals surface area contributed by atoms with E-state index >= 15 is 0 Å². The highest BCUT2D eigenvalue weighted by molar-refractivity contribution is 5.69. The van der Waals surface area contributed by atoms with Crippen molar-refractivity contribution >= 4 is 5.97 Å². The largest absolute Gasteiger partial charge is 0.480 e.